The van der Waals surface area contributed by atoms with Gasteiger partial charge in [-0.05, 0) is 52.9 Å². The second-order valence-electron chi connectivity index (χ2n) is 6.84. The lowest BCUT2D eigenvalue weighted by Crippen LogP contribution is -2.06. The molecular weight excluding hydrogens is 383 g/mol. The van der Waals surface area contributed by atoms with E-state index in [2.05, 4.69) is 41.4 Å². The minimum Gasteiger partial charge on any atom is -0.497 e. The topological polar surface area (TPSA) is 48.1 Å². The van der Waals surface area contributed by atoms with Gasteiger partial charge in [0.25, 0.3) is 0 Å². The van der Waals surface area contributed by atoms with E-state index in [1.54, 1.807) is 19.2 Å². The van der Waals surface area contributed by atoms with Gasteiger partial charge in [0.2, 0.25) is 0 Å². The van der Waals surface area contributed by atoms with Gasteiger partial charge in [-0.2, -0.15) is 0 Å². The number of nitrogens with two attached hydrogens (primary N) is 1. The van der Waals surface area contributed by atoms with Gasteiger partial charge < -0.3 is 10.5 Å². The summed E-state index contributed by atoms with van der Waals surface area (Å²) in [6.45, 7) is 0. The standard InChI is InChI=1S/C24H21FN2OS/c1-28-21-12-8-19(9-13-21)22(23-15-29-24(26)27-23)14-16-2-4-17(5-3-16)18-6-10-20(25)11-7-18/h2-13,15,22H,14H2,1H3,(H2,26,27)/t22-/m0/s1. The van der Waals surface area contributed by atoms with E-state index in [1.807, 2.05) is 17.5 Å². The van der Waals surface area contributed by atoms with Crippen molar-refractivity contribution in [3.8, 4) is 16.9 Å². The Bertz CT molecular complexity index is 1070. The summed E-state index contributed by atoms with van der Waals surface area (Å²) < 4.78 is 18.4. The van der Waals surface area contributed by atoms with E-state index >= 15 is 0 Å². The van der Waals surface area contributed by atoms with E-state index in [1.165, 1.54) is 34.6 Å². The summed E-state index contributed by atoms with van der Waals surface area (Å²) in [5.74, 6) is 0.704. The van der Waals surface area contributed by atoms with Crippen molar-refractivity contribution in [2.45, 2.75) is 12.3 Å². The third-order valence-corrected chi connectivity index (χ3v) is 5.68. The third-order valence-electron chi connectivity index (χ3n) is 4.99. The van der Waals surface area contributed by atoms with Crippen LogP contribution in [-0.4, -0.2) is 12.1 Å². The molecule has 1 aromatic heterocycles. The lowest BCUT2D eigenvalue weighted by molar-refractivity contribution is 0.414. The predicted octanol–water partition coefficient (Wildman–Crippen LogP) is 5.91. The molecule has 3 nitrogen and oxygen atoms in total. The SMILES string of the molecule is COc1ccc([C@H](Cc2ccc(-c3ccc(F)cc3)cc2)c2csc(N)n2)cc1. The Morgan fingerprint density at radius 3 is 2.10 bits per heavy atom. The average molecular weight is 405 g/mol. The number of halogens is 1. The van der Waals surface area contributed by atoms with Gasteiger partial charge in [0.05, 0.1) is 12.8 Å². The first-order chi connectivity index (χ1) is 14.1. The molecular formula is C24H21FN2OS. The number of hydrogen-bond acceptors (Lipinski definition) is 4. The molecule has 2 N–H and O–H groups in total. The number of ether oxygens (including phenoxy) is 1. The molecule has 0 aliphatic rings. The molecule has 0 aliphatic carbocycles. The first-order valence-electron chi connectivity index (χ1n) is 9.32. The van der Waals surface area contributed by atoms with Crippen molar-refractivity contribution in [2.75, 3.05) is 12.8 Å². The molecule has 0 fully saturated rings. The van der Waals surface area contributed by atoms with Crippen LogP contribution in [0, 0.1) is 5.82 Å². The Hall–Kier alpha value is -3.18. The van der Waals surface area contributed by atoms with Crippen LogP contribution in [0.1, 0.15) is 22.7 Å². The second-order valence-corrected chi connectivity index (χ2v) is 7.73. The van der Waals surface area contributed by atoms with Crippen molar-refractivity contribution in [2.24, 2.45) is 0 Å². The number of methoxy groups -OCH3 is 1. The fourth-order valence-electron chi connectivity index (χ4n) is 3.40. The quantitative estimate of drug-likeness (QED) is 0.434. The minimum absolute atomic E-state index is 0.103. The second kappa shape index (κ2) is 8.45. The van der Waals surface area contributed by atoms with Crippen LogP contribution in [0.5, 0.6) is 5.75 Å². The van der Waals surface area contributed by atoms with Gasteiger partial charge in [-0.3, -0.25) is 0 Å². The Balaban J connectivity index is 1.60. The van der Waals surface area contributed by atoms with Crippen molar-refractivity contribution >= 4 is 16.5 Å². The van der Waals surface area contributed by atoms with Crippen LogP contribution in [0.4, 0.5) is 9.52 Å². The smallest absolute Gasteiger partial charge is 0.180 e. The number of aromatic nitrogens is 1. The van der Waals surface area contributed by atoms with Gasteiger partial charge >= 0.3 is 0 Å². The van der Waals surface area contributed by atoms with Crippen LogP contribution in [0.2, 0.25) is 0 Å². The summed E-state index contributed by atoms with van der Waals surface area (Å²) in [7, 11) is 1.66. The molecule has 0 saturated carbocycles. The van der Waals surface area contributed by atoms with Crippen LogP contribution in [0.3, 0.4) is 0 Å². The molecule has 4 rings (SSSR count). The van der Waals surface area contributed by atoms with E-state index in [0.29, 0.717) is 5.13 Å². The predicted molar refractivity (Wildman–Crippen MR) is 117 cm³/mol. The fraction of sp³-hybridized carbons (Fsp3) is 0.125. The molecule has 29 heavy (non-hydrogen) atoms. The zero-order chi connectivity index (χ0) is 20.2. The van der Waals surface area contributed by atoms with Crippen molar-refractivity contribution in [3.63, 3.8) is 0 Å². The van der Waals surface area contributed by atoms with E-state index in [4.69, 9.17) is 10.5 Å². The maximum atomic E-state index is 13.2. The Morgan fingerprint density at radius 1 is 0.931 bits per heavy atom. The molecule has 4 aromatic rings. The van der Waals surface area contributed by atoms with Crippen molar-refractivity contribution in [1.29, 1.82) is 0 Å². The molecule has 1 heterocycles. The van der Waals surface area contributed by atoms with Gasteiger partial charge in [0.1, 0.15) is 11.6 Å². The Labute approximate surface area is 173 Å². The molecule has 0 saturated heterocycles. The number of benzene rings is 3. The molecule has 0 radical (unpaired) electrons. The van der Waals surface area contributed by atoms with Gasteiger partial charge in [0.15, 0.2) is 5.13 Å². The van der Waals surface area contributed by atoms with Gasteiger partial charge in [-0.25, -0.2) is 9.37 Å². The van der Waals surface area contributed by atoms with Gasteiger partial charge in [0, 0.05) is 11.3 Å². The van der Waals surface area contributed by atoms with E-state index in [-0.39, 0.29) is 11.7 Å². The van der Waals surface area contributed by atoms with Crippen LogP contribution in [0.25, 0.3) is 11.1 Å². The number of nitrogens with zero attached hydrogens (tertiary/aromatic N) is 1. The zero-order valence-corrected chi connectivity index (χ0v) is 16.8. The molecule has 1 atom stereocenters. The lowest BCUT2D eigenvalue weighted by atomic mass is 9.89. The number of anilines is 1. The number of thiazole rings is 1. The third kappa shape index (κ3) is 4.46. The van der Waals surface area contributed by atoms with Gasteiger partial charge in [-0.1, -0.05) is 48.5 Å². The summed E-state index contributed by atoms with van der Waals surface area (Å²) in [5.41, 5.74) is 11.3. The molecule has 0 amide bonds. The van der Waals surface area contributed by atoms with E-state index in [9.17, 15) is 4.39 Å². The lowest BCUT2D eigenvalue weighted by Gasteiger charge is -2.16. The van der Waals surface area contributed by atoms with Crippen molar-refractivity contribution in [1.82, 2.24) is 4.98 Å². The number of hydrogen-bond donors (Lipinski definition) is 1. The summed E-state index contributed by atoms with van der Waals surface area (Å²) in [4.78, 5) is 4.53. The Morgan fingerprint density at radius 2 is 1.55 bits per heavy atom. The first-order valence-corrected chi connectivity index (χ1v) is 10.2. The highest BCUT2D eigenvalue weighted by Crippen LogP contribution is 2.32. The zero-order valence-electron chi connectivity index (χ0n) is 16.0. The highest BCUT2D eigenvalue weighted by atomic mass is 32.1. The molecule has 0 spiro atoms. The van der Waals surface area contributed by atoms with Crippen LogP contribution in [0.15, 0.2) is 78.2 Å². The maximum Gasteiger partial charge on any atom is 0.180 e. The van der Waals surface area contributed by atoms with Crippen molar-refractivity contribution in [3.05, 3.63) is 101 Å². The Kier molecular flexibility index (Phi) is 5.58. The fourth-order valence-corrected chi connectivity index (χ4v) is 4.02. The molecule has 3 aromatic carbocycles. The van der Waals surface area contributed by atoms with Crippen LogP contribution in [-0.2, 0) is 6.42 Å². The van der Waals surface area contributed by atoms with Crippen LogP contribution >= 0.6 is 11.3 Å². The molecule has 146 valence electrons. The normalized spacial score (nSPS) is 11.9. The highest BCUT2D eigenvalue weighted by molar-refractivity contribution is 7.13. The summed E-state index contributed by atoms with van der Waals surface area (Å²) in [6, 6.07) is 23.0. The first kappa shape index (κ1) is 19.2. The summed E-state index contributed by atoms with van der Waals surface area (Å²) in [6.07, 6.45) is 0.805. The molecule has 0 bridgehead atoms. The molecule has 5 heteroatoms. The summed E-state index contributed by atoms with van der Waals surface area (Å²) in [5, 5.41) is 2.60. The highest BCUT2D eigenvalue weighted by Gasteiger charge is 2.18. The monoisotopic (exact) mass is 404 g/mol. The molecule has 0 aliphatic heterocycles. The van der Waals surface area contributed by atoms with Gasteiger partial charge in [-0.15, -0.1) is 11.3 Å². The van der Waals surface area contributed by atoms with E-state index in [0.717, 1.165) is 29.0 Å². The average Bonchev–Trinajstić information content (AvgIpc) is 3.19. The number of rotatable bonds is 6. The maximum absolute atomic E-state index is 13.2. The largest absolute Gasteiger partial charge is 0.497 e. The number of nitrogen functional groups attached to an aromatic ring is 1. The van der Waals surface area contributed by atoms with E-state index < -0.39 is 0 Å². The molecule has 0 unspecified atom stereocenters. The minimum atomic E-state index is -0.227. The van der Waals surface area contributed by atoms with Crippen LogP contribution < -0.4 is 10.5 Å². The van der Waals surface area contributed by atoms with Crippen molar-refractivity contribution < 1.29 is 9.13 Å². The summed E-state index contributed by atoms with van der Waals surface area (Å²) >= 11 is 1.46.